The van der Waals surface area contributed by atoms with E-state index in [-0.39, 0.29) is 91.0 Å². The predicted octanol–water partition coefficient (Wildman–Crippen LogP) is 4.42. The molecule has 0 aromatic heterocycles. The number of nitrogens with zero attached hydrogens (tertiary/aromatic N) is 2. The van der Waals surface area contributed by atoms with Gasteiger partial charge >= 0.3 is 0 Å². The van der Waals surface area contributed by atoms with Crippen molar-refractivity contribution in [3.63, 3.8) is 0 Å². The molecule has 0 radical (unpaired) electrons. The summed E-state index contributed by atoms with van der Waals surface area (Å²) in [6.45, 7) is 13.4. The summed E-state index contributed by atoms with van der Waals surface area (Å²) in [6.07, 6.45) is 2.01. The molecule has 7 amide bonds. The number of likely N-dealkylation sites (tertiary alicyclic amines) is 2. The van der Waals surface area contributed by atoms with Crippen molar-refractivity contribution < 1.29 is 33.6 Å². The Morgan fingerprint density at radius 3 is 1.55 bits per heavy atom. The maximum absolute atomic E-state index is 14.4. The summed E-state index contributed by atoms with van der Waals surface area (Å²) in [7, 11) is 1.65. The first kappa shape index (κ1) is 49.9. The summed E-state index contributed by atoms with van der Waals surface area (Å²) >= 11 is 0. The standard InChI is InChI=1S/C50H68N8O7/c1-9-30(3)24-43(59)57-28-39(26-41(57)48(63)52-32(5)35-18-13-11-14-19-35)54-46(61)37-22-17-23-38(25-37)47(62)55-40-27-42(49(64)53-33(6)36-20-15-12-16-21-36)58(29-40)50(65)44(31(4)10-2)56-45(60)34(7)51-8/h11-23,25,30-34,39-42,44,51H,9-10,24,26-29H2,1-8H3,(H,52,63)(H,53,64)(H,54,61)(H,55,62)(H,56,60)/t30-,31-,32-,33-,34+,39+,40+,41+,42+,44+/m1/s1. The zero-order chi connectivity index (χ0) is 47.4. The number of benzene rings is 3. The quantitative estimate of drug-likeness (QED) is 0.102. The lowest BCUT2D eigenvalue weighted by Crippen LogP contribution is -2.57. The van der Waals surface area contributed by atoms with Crippen molar-refractivity contribution in [1.82, 2.24) is 41.7 Å². The Balaban J connectivity index is 1.30. The highest BCUT2D eigenvalue weighted by molar-refractivity contribution is 6.00. The first-order chi connectivity index (χ1) is 31.0. The molecule has 0 spiro atoms. The molecule has 6 N–H and O–H groups in total. The van der Waals surface area contributed by atoms with Crippen molar-refractivity contribution >= 4 is 41.4 Å². The molecule has 3 aromatic rings. The van der Waals surface area contributed by atoms with Crippen molar-refractivity contribution in [2.75, 3.05) is 20.1 Å². The van der Waals surface area contributed by atoms with Gasteiger partial charge in [0.1, 0.15) is 18.1 Å². The van der Waals surface area contributed by atoms with Gasteiger partial charge in [0.15, 0.2) is 0 Å². The first-order valence-electron chi connectivity index (χ1n) is 23.0. The highest BCUT2D eigenvalue weighted by atomic mass is 16.2. The minimum absolute atomic E-state index is 0.0136. The topological polar surface area (TPSA) is 198 Å². The third-order valence-electron chi connectivity index (χ3n) is 13.0. The van der Waals surface area contributed by atoms with Crippen LogP contribution in [-0.4, -0.2) is 108 Å². The van der Waals surface area contributed by atoms with Gasteiger partial charge in [-0.1, -0.05) is 107 Å². The van der Waals surface area contributed by atoms with Gasteiger partial charge in [-0.15, -0.1) is 0 Å². The van der Waals surface area contributed by atoms with Crippen LogP contribution in [0.5, 0.6) is 0 Å². The zero-order valence-electron chi connectivity index (χ0n) is 39.1. The van der Waals surface area contributed by atoms with Gasteiger partial charge in [-0.2, -0.15) is 0 Å². The Bertz CT molecular complexity index is 2140. The molecule has 0 unspecified atom stereocenters. The van der Waals surface area contributed by atoms with Gasteiger partial charge in [-0.25, -0.2) is 0 Å². The van der Waals surface area contributed by atoms with Crippen molar-refractivity contribution in [3.05, 3.63) is 107 Å². The highest BCUT2D eigenvalue weighted by Gasteiger charge is 2.44. The summed E-state index contributed by atoms with van der Waals surface area (Å²) < 4.78 is 0. The molecule has 2 aliphatic rings. The summed E-state index contributed by atoms with van der Waals surface area (Å²) in [5.74, 6) is -2.71. The molecule has 5 rings (SSSR count). The Kier molecular flexibility index (Phi) is 17.8. The summed E-state index contributed by atoms with van der Waals surface area (Å²) in [5, 5.41) is 17.9. The second-order valence-electron chi connectivity index (χ2n) is 17.8. The molecule has 10 atom stereocenters. The lowest BCUT2D eigenvalue weighted by atomic mass is 9.97. The van der Waals surface area contributed by atoms with E-state index in [0.717, 1.165) is 17.5 Å². The number of rotatable bonds is 19. The number of likely N-dealkylation sites (N-methyl/N-ethyl adjacent to an activating group) is 1. The number of carbonyl (C=O) groups is 7. The fourth-order valence-electron chi connectivity index (χ4n) is 8.34. The molecule has 0 saturated carbocycles. The van der Waals surface area contributed by atoms with Crippen LogP contribution in [0, 0.1) is 11.8 Å². The van der Waals surface area contributed by atoms with Gasteiger partial charge in [0.05, 0.1) is 18.1 Å². The fourth-order valence-corrected chi connectivity index (χ4v) is 8.34. The van der Waals surface area contributed by atoms with Gasteiger partial charge < -0.3 is 41.7 Å². The lowest BCUT2D eigenvalue weighted by Gasteiger charge is -2.32. The van der Waals surface area contributed by atoms with Crippen LogP contribution in [0.2, 0.25) is 0 Å². The summed E-state index contributed by atoms with van der Waals surface area (Å²) in [5.41, 5.74) is 2.21. The second-order valence-corrected chi connectivity index (χ2v) is 17.8. The van der Waals surface area contributed by atoms with E-state index < -0.39 is 54.0 Å². The van der Waals surface area contributed by atoms with Gasteiger partial charge in [-0.3, -0.25) is 33.6 Å². The summed E-state index contributed by atoms with van der Waals surface area (Å²) in [6, 6.07) is 20.2. The molecule has 2 saturated heterocycles. The number of nitrogens with one attached hydrogen (secondary N) is 6. The van der Waals surface area contributed by atoms with Gasteiger partial charge in [-0.05, 0) is 81.8 Å². The number of amides is 7. The van der Waals surface area contributed by atoms with Crippen molar-refractivity contribution in [2.24, 2.45) is 11.8 Å². The zero-order valence-corrected chi connectivity index (χ0v) is 39.1. The molecule has 2 aliphatic heterocycles. The second kappa shape index (κ2) is 23.2. The first-order valence-corrected chi connectivity index (χ1v) is 23.0. The molecule has 65 heavy (non-hydrogen) atoms. The molecule has 2 fully saturated rings. The predicted molar refractivity (Wildman–Crippen MR) is 249 cm³/mol. The van der Waals surface area contributed by atoms with Crippen molar-refractivity contribution in [3.8, 4) is 0 Å². The fraction of sp³-hybridized carbons (Fsp3) is 0.500. The van der Waals surface area contributed by atoms with Gasteiger partial charge in [0.25, 0.3) is 11.8 Å². The molecule has 3 aromatic carbocycles. The molecular weight excluding hydrogens is 825 g/mol. The Labute approximate surface area is 383 Å². The highest BCUT2D eigenvalue weighted by Crippen LogP contribution is 2.26. The van der Waals surface area contributed by atoms with Crippen LogP contribution < -0.4 is 31.9 Å². The van der Waals surface area contributed by atoms with E-state index in [1.807, 2.05) is 102 Å². The monoisotopic (exact) mass is 893 g/mol. The van der Waals surface area contributed by atoms with E-state index >= 15 is 0 Å². The number of hydrogen-bond donors (Lipinski definition) is 6. The Morgan fingerprint density at radius 1 is 0.615 bits per heavy atom. The molecule has 0 bridgehead atoms. The third kappa shape index (κ3) is 13.0. The Hall–Kier alpha value is -6.09. The average Bonchev–Trinajstić information content (AvgIpc) is 3.95. The maximum atomic E-state index is 14.4. The van der Waals surface area contributed by atoms with Crippen LogP contribution >= 0.6 is 0 Å². The third-order valence-corrected chi connectivity index (χ3v) is 13.0. The molecule has 2 heterocycles. The molecule has 15 nitrogen and oxygen atoms in total. The minimum atomic E-state index is -0.947. The van der Waals surface area contributed by atoms with E-state index in [1.54, 1.807) is 37.1 Å². The van der Waals surface area contributed by atoms with Gasteiger partial charge in [0, 0.05) is 42.7 Å². The lowest BCUT2D eigenvalue weighted by molar-refractivity contribution is -0.143. The van der Waals surface area contributed by atoms with Crippen LogP contribution in [0.25, 0.3) is 0 Å². The molecule has 350 valence electrons. The van der Waals surface area contributed by atoms with Gasteiger partial charge in [0.2, 0.25) is 29.5 Å². The SMILES string of the molecule is CC[C@@H](C)CC(=O)N1C[C@@H](NC(=O)c2cccc(C(=O)N[C@H]3C[C@@H](C(=O)N[C@H](C)c4ccccc4)N(C(=O)[C@@H](NC(=O)[C@H](C)NC)[C@H](C)CC)C3)c2)C[C@H]1C(=O)N[C@H](C)c1ccccc1. The van der Waals surface area contributed by atoms with Crippen molar-refractivity contribution in [1.29, 1.82) is 0 Å². The van der Waals surface area contributed by atoms with Crippen molar-refractivity contribution in [2.45, 2.75) is 129 Å². The molecular formula is C50H68N8O7. The van der Waals surface area contributed by atoms with Crippen LogP contribution in [0.15, 0.2) is 84.9 Å². The smallest absolute Gasteiger partial charge is 0.251 e. The molecule has 15 heteroatoms. The van der Waals surface area contributed by atoms with Crippen LogP contribution in [0.1, 0.15) is 124 Å². The van der Waals surface area contributed by atoms with E-state index in [9.17, 15) is 33.6 Å². The summed E-state index contributed by atoms with van der Waals surface area (Å²) in [4.78, 5) is 99.5. The maximum Gasteiger partial charge on any atom is 0.251 e. The van der Waals surface area contributed by atoms with Crippen LogP contribution in [-0.2, 0) is 24.0 Å². The Morgan fingerprint density at radius 2 is 1.09 bits per heavy atom. The van der Waals surface area contributed by atoms with Crippen LogP contribution in [0.3, 0.4) is 0 Å². The van der Waals surface area contributed by atoms with E-state index in [1.165, 1.54) is 11.0 Å². The van der Waals surface area contributed by atoms with E-state index in [2.05, 4.69) is 31.9 Å². The largest absolute Gasteiger partial charge is 0.348 e. The minimum Gasteiger partial charge on any atom is -0.348 e. The van der Waals surface area contributed by atoms with Crippen LogP contribution in [0.4, 0.5) is 0 Å². The molecule has 0 aliphatic carbocycles. The number of carbonyl (C=O) groups excluding carboxylic acids is 7. The average molecular weight is 893 g/mol. The van der Waals surface area contributed by atoms with E-state index in [4.69, 9.17) is 0 Å². The normalized spacial score (nSPS) is 20.9. The van der Waals surface area contributed by atoms with E-state index in [0.29, 0.717) is 6.42 Å². The number of hydrogen-bond acceptors (Lipinski definition) is 8.